The van der Waals surface area contributed by atoms with Gasteiger partial charge in [0.25, 0.3) is 5.91 Å². The monoisotopic (exact) mass is 485 g/mol. The van der Waals surface area contributed by atoms with Crippen molar-refractivity contribution in [2.24, 2.45) is 5.92 Å². The zero-order chi connectivity index (χ0) is 25.5. The zero-order valence-corrected chi connectivity index (χ0v) is 20.8. The van der Waals surface area contributed by atoms with Gasteiger partial charge in [0.1, 0.15) is 11.7 Å². The van der Waals surface area contributed by atoms with E-state index in [1.807, 2.05) is 38.2 Å². The van der Waals surface area contributed by atoms with Crippen molar-refractivity contribution in [3.63, 3.8) is 0 Å². The Morgan fingerprint density at radius 1 is 1.17 bits per heavy atom. The van der Waals surface area contributed by atoms with Crippen LogP contribution in [0.1, 0.15) is 40.9 Å². The van der Waals surface area contributed by atoms with Crippen molar-refractivity contribution >= 4 is 5.91 Å². The van der Waals surface area contributed by atoms with Crippen LogP contribution in [0, 0.1) is 17.8 Å². The summed E-state index contributed by atoms with van der Waals surface area (Å²) in [6.07, 6.45) is 8.36. The molecule has 3 aromatic rings. The SMILES string of the molecule is C[C@H](CO)N1C[C@H](C)[C@@H](CN(C)Cc2ccncc2)Oc2ncc(C#Cc3cccnc3)cc2C1=O. The van der Waals surface area contributed by atoms with Gasteiger partial charge in [-0.15, -0.1) is 0 Å². The number of hydrogen-bond donors (Lipinski definition) is 1. The molecule has 3 atom stereocenters. The van der Waals surface area contributed by atoms with Crippen LogP contribution in [0.25, 0.3) is 0 Å². The molecule has 1 N–H and O–H groups in total. The minimum atomic E-state index is -0.341. The molecule has 0 saturated heterocycles. The molecule has 1 aliphatic heterocycles. The second-order valence-electron chi connectivity index (χ2n) is 9.24. The molecule has 1 aliphatic rings. The molecule has 8 heteroatoms. The fourth-order valence-electron chi connectivity index (χ4n) is 4.14. The lowest BCUT2D eigenvalue weighted by molar-refractivity contribution is 0.0325. The van der Waals surface area contributed by atoms with Crippen LogP contribution >= 0.6 is 0 Å². The Hall–Kier alpha value is -3.80. The first kappa shape index (κ1) is 25.3. The first-order valence-electron chi connectivity index (χ1n) is 12.0. The fraction of sp³-hybridized carbons (Fsp3) is 0.357. The number of amides is 1. The summed E-state index contributed by atoms with van der Waals surface area (Å²) >= 11 is 0. The summed E-state index contributed by atoms with van der Waals surface area (Å²) in [4.78, 5) is 30.1. The third-order valence-electron chi connectivity index (χ3n) is 6.23. The maximum absolute atomic E-state index is 13.6. The molecule has 0 fully saturated rings. The number of aliphatic hydroxyl groups excluding tert-OH is 1. The molecule has 36 heavy (non-hydrogen) atoms. The van der Waals surface area contributed by atoms with Crippen molar-refractivity contribution in [2.75, 3.05) is 26.7 Å². The number of aliphatic hydroxyl groups is 1. The number of likely N-dealkylation sites (N-methyl/N-ethyl adjacent to an activating group) is 1. The van der Waals surface area contributed by atoms with Gasteiger partial charge in [-0.25, -0.2) is 4.98 Å². The Labute approximate surface area is 212 Å². The summed E-state index contributed by atoms with van der Waals surface area (Å²) in [5.41, 5.74) is 2.88. The van der Waals surface area contributed by atoms with Crippen molar-refractivity contribution in [1.82, 2.24) is 24.8 Å². The standard InChI is InChI=1S/C28H31N5O3/c1-20-16-33(21(2)19-34)28(35)25-13-24(7-6-22-5-4-10-30-14-22)15-31-27(25)36-26(20)18-32(3)17-23-8-11-29-12-9-23/h4-5,8-15,20-21,26,34H,16-19H2,1-3H3/t20-,21+,26+/m0/s1. The van der Waals surface area contributed by atoms with E-state index < -0.39 is 0 Å². The summed E-state index contributed by atoms with van der Waals surface area (Å²) in [7, 11) is 2.04. The van der Waals surface area contributed by atoms with Crippen molar-refractivity contribution in [1.29, 1.82) is 0 Å². The van der Waals surface area contributed by atoms with E-state index in [0.717, 1.165) is 17.7 Å². The lowest BCUT2D eigenvalue weighted by Crippen LogP contribution is -2.49. The number of rotatable bonds is 6. The molecule has 0 bridgehead atoms. The number of aromatic nitrogens is 3. The van der Waals surface area contributed by atoms with E-state index in [4.69, 9.17) is 4.74 Å². The van der Waals surface area contributed by atoms with Crippen LogP contribution in [-0.4, -0.2) is 74.7 Å². The normalized spacial score (nSPS) is 18.4. The molecule has 3 aromatic heterocycles. The minimum absolute atomic E-state index is 0.0165. The smallest absolute Gasteiger partial charge is 0.259 e. The van der Waals surface area contributed by atoms with Crippen molar-refractivity contribution in [3.05, 3.63) is 83.6 Å². The number of hydrogen-bond acceptors (Lipinski definition) is 7. The molecule has 0 unspecified atom stereocenters. The first-order chi connectivity index (χ1) is 17.4. The highest BCUT2D eigenvalue weighted by atomic mass is 16.5. The summed E-state index contributed by atoms with van der Waals surface area (Å²) in [5, 5.41) is 9.86. The molecule has 1 amide bonds. The van der Waals surface area contributed by atoms with E-state index in [0.29, 0.717) is 24.2 Å². The number of ether oxygens (including phenoxy) is 1. The van der Waals surface area contributed by atoms with Gasteiger partial charge < -0.3 is 14.7 Å². The van der Waals surface area contributed by atoms with Gasteiger partial charge in [-0.05, 0) is 49.9 Å². The van der Waals surface area contributed by atoms with Gasteiger partial charge in [0.05, 0.1) is 12.6 Å². The summed E-state index contributed by atoms with van der Waals surface area (Å²) in [5.74, 6) is 6.20. The predicted octanol–water partition coefficient (Wildman–Crippen LogP) is 2.62. The van der Waals surface area contributed by atoms with Crippen LogP contribution < -0.4 is 4.74 Å². The second kappa shape index (κ2) is 11.8. The van der Waals surface area contributed by atoms with Gasteiger partial charge in [-0.3, -0.25) is 19.7 Å². The minimum Gasteiger partial charge on any atom is -0.472 e. The lowest BCUT2D eigenvalue weighted by atomic mass is 9.99. The number of carbonyl (C=O) groups is 1. The first-order valence-corrected chi connectivity index (χ1v) is 12.0. The van der Waals surface area contributed by atoms with Crippen LogP contribution in [-0.2, 0) is 6.54 Å². The Balaban J connectivity index is 1.63. The Bertz CT molecular complexity index is 1230. The molecular weight excluding hydrogens is 454 g/mol. The van der Waals surface area contributed by atoms with Gasteiger partial charge in [0, 0.05) is 67.7 Å². The molecule has 0 aliphatic carbocycles. The summed E-state index contributed by atoms with van der Waals surface area (Å²) < 4.78 is 6.37. The number of carbonyl (C=O) groups excluding carboxylic acids is 1. The summed E-state index contributed by atoms with van der Waals surface area (Å²) in [6.45, 7) is 5.62. The molecule has 0 saturated carbocycles. The van der Waals surface area contributed by atoms with Crippen molar-refractivity contribution in [2.45, 2.75) is 32.5 Å². The Morgan fingerprint density at radius 3 is 2.67 bits per heavy atom. The van der Waals surface area contributed by atoms with E-state index in [9.17, 15) is 9.90 Å². The molecule has 0 aromatic carbocycles. The van der Waals surface area contributed by atoms with Gasteiger partial charge >= 0.3 is 0 Å². The van der Waals surface area contributed by atoms with E-state index in [1.54, 1.807) is 42.0 Å². The fourth-order valence-corrected chi connectivity index (χ4v) is 4.14. The van der Waals surface area contributed by atoms with E-state index in [2.05, 4.69) is 38.6 Å². The average Bonchev–Trinajstić information content (AvgIpc) is 2.90. The maximum Gasteiger partial charge on any atom is 0.259 e. The highest BCUT2D eigenvalue weighted by Gasteiger charge is 2.34. The Morgan fingerprint density at radius 2 is 1.94 bits per heavy atom. The number of pyridine rings is 3. The third-order valence-corrected chi connectivity index (χ3v) is 6.23. The van der Waals surface area contributed by atoms with Crippen LogP contribution in [0.15, 0.2) is 61.3 Å². The number of nitrogens with zero attached hydrogens (tertiary/aromatic N) is 5. The molecule has 4 heterocycles. The lowest BCUT2D eigenvalue weighted by Gasteiger charge is -2.37. The quantitative estimate of drug-likeness (QED) is 0.537. The van der Waals surface area contributed by atoms with E-state index in [-0.39, 0.29) is 36.5 Å². The van der Waals surface area contributed by atoms with Gasteiger partial charge in [0.15, 0.2) is 0 Å². The largest absolute Gasteiger partial charge is 0.472 e. The molecular formula is C28H31N5O3. The van der Waals surface area contributed by atoms with Crippen LogP contribution in [0.2, 0.25) is 0 Å². The van der Waals surface area contributed by atoms with Crippen LogP contribution in [0.5, 0.6) is 5.88 Å². The second-order valence-corrected chi connectivity index (χ2v) is 9.24. The van der Waals surface area contributed by atoms with E-state index >= 15 is 0 Å². The van der Waals surface area contributed by atoms with Crippen LogP contribution in [0.4, 0.5) is 0 Å². The molecule has 4 rings (SSSR count). The molecule has 8 nitrogen and oxygen atoms in total. The molecule has 186 valence electrons. The topological polar surface area (TPSA) is 91.7 Å². The van der Waals surface area contributed by atoms with E-state index in [1.165, 1.54) is 0 Å². The zero-order valence-electron chi connectivity index (χ0n) is 20.8. The van der Waals surface area contributed by atoms with Crippen LogP contribution in [0.3, 0.4) is 0 Å². The van der Waals surface area contributed by atoms with Crippen molar-refractivity contribution < 1.29 is 14.6 Å². The predicted molar refractivity (Wildman–Crippen MR) is 136 cm³/mol. The highest BCUT2D eigenvalue weighted by molar-refractivity contribution is 5.97. The van der Waals surface area contributed by atoms with Gasteiger partial charge in [-0.1, -0.05) is 18.8 Å². The molecule has 0 radical (unpaired) electrons. The van der Waals surface area contributed by atoms with Crippen molar-refractivity contribution in [3.8, 4) is 17.7 Å². The average molecular weight is 486 g/mol. The Kier molecular flexibility index (Phi) is 8.26. The number of fused-ring (bicyclic) bond motifs is 1. The van der Waals surface area contributed by atoms with Gasteiger partial charge in [0.2, 0.25) is 5.88 Å². The maximum atomic E-state index is 13.6. The molecule has 0 spiro atoms. The summed E-state index contributed by atoms with van der Waals surface area (Å²) in [6, 6.07) is 9.06. The van der Waals surface area contributed by atoms with Gasteiger partial charge in [-0.2, -0.15) is 0 Å². The third kappa shape index (κ3) is 6.25. The highest BCUT2D eigenvalue weighted by Crippen LogP contribution is 2.27.